The Bertz CT molecular complexity index is 1090. The van der Waals surface area contributed by atoms with Crippen LogP contribution in [0.2, 0.25) is 0 Å². The van der Waals surface area contributed by atoms with E-state index in [1.54, 1.807) is 12.3 Å². The van der Waals surface area contributed by atoms with Gasteiger partial charge in [0, 0.05) is 18.3 Å². The molecule has 5 heteroatoms. The van der Waals surface area contributed by atoms with Gasteiger partial charge in [0.2, 0.25) is 0 Å². The minimum Gasteiger partial charge on any atom is -0.444 e. The first kappa shape index (κ1) is 17.8. The largest absolute Gasteiger partial charge is 0.444 e. The van der Waals surface area contributed by atoms with Crippen molar-refractivity contribution in [2.45, 2.75) is 18.7 Å². The third kappa shape index (κ3) is 3.45. The highest BCUT2D eigenvalue weighted by atomic mass is 19.1. The molecule has 4 nitrogen and oxygen atoms in total. The predicted octanol–water partition coefficient (Wildman–Crippen LogP) is 4.38. The van der Waals surface area contributed by atoms with Gasteiger partial charge in [-0.1, -0.05) is 54.6 Å². The van der Waals surface area contributed by atoms with E-state index in [4.69, 9.17) is 4.74 Å². The Hall–Kier alpha value is -3.31. The number of rotatable bonds is 3. The molecule has 2 atom stereocenters. The fourth-order valence-corrected chi connectivity index (χ4v) is 4.06. The summed E-state index contributed by atoms with van der Waals surface area (Å²) in [5.41, 5.74) is 4.81. The second-order valence-corrected chi connectivity index (χ2v) is 7.36. The van der Waals surface area contributed by atoms with Gasteiger partial charge in [0.1, 0.15) is 12.4 Å². The van der Waals surface area contributed by atoms with Crippen LogP contribution >= 0.6 is 0 Å². The summed E-state index contributed by atoms with van der Waals surface area (Å²) in [7, 11) is 0. The van der Waals surface area contributed by atoms with E-state index in [2.05, 4.69) is 28.1 Å². The van der Waals surface area contributed by atoms with Crippen molar-refractivity contribution in [1.29, 1.82) is 0 Å². The molecule has 5 rings (SSSR count). The molecule has 1 fully saturated rings. The van der Waals surface area contributed by atoms with Crippen LogP contribution in [0.15, 0.2) is 72.9 Å². The molecule has 1 saturated heterocycles. The number of hydrogen-bond acceptors (Lipinski definition) is 4. The number of nitrogens with zero attached hydrogens (tertiary/aromatic N) is 2. The summed E-state index contributed by atoms with van der Waals surface area (Å²) in [6.07, 6.45) is 5.57. The van der Waals surface area contributed by atoms with Crippen molar-refractivity contribution < 1.29 is 13.9 Å². The van der Waals surface area contributed by atoms with Gasteiger partial charge in [-0.25, -0.2) is 4.39 Å². The lowest BCUT2D eigenvalue weighted by Gasteiger charge is -2.34. The fraction of sp³-hybridized carbons (Fsp3) is 0.167. The number of benzene rings is 2. The number of carbonyl (C=O) groups excluding carboxylic acids is 1. The van der Waals surface area contributed by atoms with Crippen molar-refractivity contribution in [1.82, 2.24) is 9.88 Å². The minimum absolute atomic E-state index is 0.0331. The maximum Gasteiger partial charge on any atom is 0.321 e. The van der Waals surface area contributed by atoms with Crippen molar-refractivity contribution in [3.8, 4) is 11.3 Å². The van der Waals surface area contributed by atoms with E-state index >= 15 is 0 Å². The maximum absolute atomic E-state index is 13.4. The molecule has 0 saturated carbocycles. The predicted molar refractivity (Wildman–Crippen MR) is 108 cm³/mol. The van der Waals surface area contributed by atoms with Gasteiger partial charge in [0.25, 0.3) is 0 Å². The summed E-state index contributed by atoms with van der Waals surface area (Å²) in [5, 5.41) is 0. The first-order valence-corrected chi connectivity index (χ1v) is 9.59. The van der Waals surface area contributed by atoms with Crippen molar-refractivity contribution in [2.24, 2.45) is 0 Å². The third-order valence-electron chi connectivity index (χ3n) is 5.44. The van der Waals surface area contributed by atoms with Crippen LogP contribution in [0.1, 0.15) is 22.6 Å². The molecule has 0 bridgehead atoms. The molecule has 1 aromatic heterocycles. The highest BCUT2D eigenvalue weighted by molar-refractivity contribution is 5.74. The molecule has 1 unspecified atom stereocenters. The lowest BCUT2D eigenvalue weighted by Crippen LogP contribution is -2.38. The SMILES string of the molecule is O=C1CN2Cc3ccccc3C(/C=C/c3ccc(-c4cccc(F)c4)nc3)[C@H]2O1. The van der Waals surface area contributed by atoms with Crippen molar-refractivity contribution in [3.05, 3.63) is 95.4 Å². The van der Waals surface area contributed by atoms with Gasteiger partial charge in [-0.05, 0) is 34.9 Å². The molecule has 0 aliphatic carbocycles. The first-order valence-electron chi connectivity index (χ1n) is 9.59. The summed E-state index contributed by atoms with van der Waals surface area (Å²) in [6, 6.07) is 18.5. The number of ether oxygens (including phenoxy) is 1. The van der Waals surface area contributed by atoms with E-state index in [9.17, 15) is 9.18 Å². The van der Waals surface area contributed by atoms with E-state index in [1.807, 2.05) is 36.4 Å². The quantitative estimate of drug-likeness (QED) is 0.627. The molecule has 3 aromatic rings. The molecule has 29 heavy (non-hydrogen) atoms. The summed E-state index contributed by atoms with van der Waals surface area (Å²) < 4.78 is 19.0. The van der Waals surface area contributed by atoms with Gasteiger partial charge in [0.05, 0.1) is 11.6 Å². The Morgan fingerprint density at radius 1 is 1.07 bits per heavy atom. The van der Waals surface area contributed by atoms with Crippen LogP contribution in [-0.2, 0) is 16.1 Å². The fourth-order valence-electron chi connectivity index (χ4n) is 4.06. The zero-order valence-corrected chi connectivity index (χ0v) is 15.7. The Balaban J connectivity index is 1.42. The summed E-state index contributed by atoms with van der Waals surface area (Å²) in [4.78, 5) is 18.4. The van der Waals surface area contributed by atoms with E-state index < -0.39 is 0 Å². The smallest absolute Gasteiger partial charge is 0.321 e. The zero-order valence-electron chi connectivity index (χ0n) is 15.7. The molecule has 2 aliphatic rings. The zero-order chi connectivity index (χ0) is 19.8. The van der Waals surface area contributed by atoms with Crippen LogP contribution < -0.4 is 0 Å². The van der Waals surface area contributed by atoms with Crippen molar-refractivity contribution in [2.75, 3.05) is 6.54 Å². The summed E-state index contributed by atoms with van der Waals surface area (Å²) in [6.45, 7) is 1.05. The summed E-state index contributed by atoms with van der Waals surface area (Å²) in [5.74, 6) is -0.489. The van der Waals surface area contributed by atoms with Crippen LogP contribution in [0.5, 0.6) is 0 Å². The van der Waals surface area contributed by atoms with Gasteiger partial charge in [-0.15, -0.1) is 0 Å². The van der Waals surface area contributed by atoms with Crippen LogP contribution in [0.25, 0.3) is 17.3 Å². The average molecular weight is 386 g/mol. The van der Waals surface area contributed by atoms with E-state index in [1.165, 1.54) is 23.3 Å². The number of pyridine rings is 1. The molecule has 0 amide bonds. The molecule has 2 aliphatic heterocycles. The average Bonchev–Trinajstić information content (AvgIpc) is 3.11. The number of hydrogen-bond donors (Lipinski definition) is 0. The highest BCUT2D eigenvalue weighted by Crippen LogP contribution is 2.37. The second kappa shape index (κ2) is 7.26. The van der Waals surface area contributed by atoms with Gasteiger partial charge in [-0.2, -0.15) is 0 Å². The molecular weight excluding hydrogens is 367 g/mol. The first-order chi connectivity index (χ1) is 14.2. The number of fused-ring (bicyclic) bond motifs is 2. The van der Waals surface area contributed by atoms with Crippen LogP contribution in [0.4, 0.5) is 4.39 Å². The van der Waals surface area contributed by atoms with Gasteiger partial charge < -0.3 is 4.74 Å². The number of halogens is 1. The van der Waals surface area contributed by atoms with Crippen LogP contribution in [0, 0.1) is 5.82 Å². The molecule has 3 heterocycles. The topological polar surface area (TPSA) is 42.4 Å². The molecule has 144 valence electrons. The second-order valence-electron chi connectivity index (χ2n) is 7.36. The Kier molecular flexibility index (Phi) is 4.45. The van der Waals surface area contributed by atoms with E-state index in [0.717, 1.165) is 23.4 Å². The number of carbonyl (C=O) groups is 1. The summed E-state index contributed by atoms with van der Waals surface area (Å²) >= 11 is 0. The third-order valence-corrected chi connectivity index (χ3v) is 5.44. The van der Waals surface area contributed by atoms with Crippen molar-refractivity contribution in [3.63, 3.8) is 0 Å². The molecule has 0 N–H and O–H groups in total. The molecular formula is C24H19FN2O2. The molecule has 0 spiro atoms. The van der Waals surface area contributed by atoms with E-state index in [0.29, 0.717) is 6.54 Å². The monoisotopic (exact) mass is 386 g/mol. The number of aromatic nitrogens is 1. The normalized spacial score (nSPS) is 21.1. The lowest BCUT2D eigenvalue weighted by molar-refractivity contribution is -0.142. The van der Waals surface area contributed by atoms with Gasteiger partial charge in [0.15, 0.2) is 6.23 Å². The maximum atomic E-state index is 13.4. The van der Waals surface area contributed by atoms with Gasteiger partial charge in [-0.3, -0.25) is 14.7 Å². The Labute approximate surface area is 168 Å². The van der Waals surface area contributed by atoms with Crippen molar-refractivity contribution >= 4 is 12.0 Å². The minimum atomic E-state index is -0.278. The molecule has 2 aromatic carbocycles. The Morgan fingerprint density at radius 3 is 2.79 bits per heavy atom. The standard InChI is InChI=1S/C24H19FN2O2/c25-19-6-3-5-17(12-19)22-11-9-16(13-26-22)8-10-21-20-7-2-1-4-18(20)14-27-15-23(28)29-24(21)27/h1-13,21,24H,14-15H2/b10-8+/t21?,24-/m1/s1. The number of esters is 1. The van der Waals surface area contributed by atoms with Crippen LogP contribution in [0.3, 0.4) is 0 Å². The lowest BCUT2D eigenvalue weighted by atomic mass is 9.88. The van der Waals surface area contributed by atoms with E-state index in [-0.39, 0.29) is 23.9 Å². The molecule has 0 radical (unpaired) electrons. The Morgan fingerprint density at radius 2 is 1.97 bits per heavy atom. The van der Waals surface area contributed by atoms with Gasteiger partial charge >= 0.3 is 5.97 Å². The highest BCUT2D eigenvalue weighted by Gasteiger charge is 2.41. The van der Waals surface area contributed by atoms with Crippen LogP contribution in [-0.4, -0.2) is 28.6 Å².